The summed E-state index contributed by atoms with van der Waals surface area (Å²) in [5.74, 6) is 1.61. The first kappa shape index (κ1) is 17.7. The maximum absolute atomic E-state index is 12.1. The van der Waals surface area contributed by atoms with E-state index >= 15 is 0 Å². The van der Waals surface area contributed by atoms with E-state index in [9.17, 15) is 4.79 Å². The largest absolute Gasteiger partial charge is 0.496 e. The van der Waals surface area contributed by atoms with Crippen molar-refractivity contribution in [2.45, 2.75) is 13.5 Å². The van der Waals surface area contributed by atoms with E-state index in [1.807, 2.05) is 55.5 Å². The van der Waals surface area contributed by atoms with Crippen LogP contribution in [0.1, 0.15) is 11.1 Å². The van der Waals surface area contributed by atoms with E-state index in [-0.39, 0.29) is 6.03 Å². The summed E-state index contributed by atoms with van der Waals surface area (Å²) >= 11 is 0. The number of nitrogens with zero attached hydrogens (tertiary/aromatic N) is 1. The maximum atomic E-state index is 12.1. The first-order valence-electron chi connectivity index (χ1n) is 7.91. The standard InChI is InChI=1S/C19H24N2O3/c1-15-8-4-6-10-17(15)24-13-12-21(2)19(22)20-14-16-9-5-7-11-18(16)23-3/h4-11H,12-14H2,1-3H3,(H,20,22). The van der Waals surface area contributed by atoms with Crippen LogP contribution in [-0.2, 0) is 6.54 Å². The van der Waals surface area contributed by atoms with Crippen LogP contribution in [0.3, 0.4) is 0 Å². The van der Waals surface area contributed by atoms with E-state index in [1.54, 1.807) is 19.1 Å². The second kappa shape index (κ2) is 8.82. The zero-order chi connectivity index (χ0) is 17.4. The first-order chi connectivity index (χ1) is 11.6. The Morgan fingerprint density at radius 1 is 1.08 bits per heavy atom. The van der Waals surface area contributed by atoms with Crippen molar-refractivity contribution < 1.29 is 14.3 Å². The van der Waals surface area contributed by atoms with E-state index in [4.69, 9.17) is 9.47 Å². The fraction of sp³-hybridized carbons (Fsp3) is 0.316. The molecule has 0 atom stereocenters. The second-order valence-electron chi connectivity index (χ2n) is 5.51. The Morgan fingerprint density at radius 3 is 2.46 bits per heavy atom. The highest BCUT2D eigenvalue weighted by Crippen LogP contribution is 2.17. The second-order valence-corrected chi connectivity index (χ2v) is 5.51. The Kier molecular flexibility index (Phi) is 6.49. The molecule has 24 heavy (non-hydrogen) atoms. The van der Waals surface area contributed by atoms with Crippen molar-refractivity contribution in [1.82, 2.24) is 10.2 Å². The van der Waals surface area contributed by atoms with Crippen molar-refractivity contribution in [3.05, 3.63) is 59.7 Å². The number of para-hydroxylation sites is 2. The van der Waals surface area contributed by atoms with E-state index in [1.165, 1.54) is 0 Å². The van der Waals surface area contributed by atoms with Crippen LogP contribution in [0.5, 0.6) is 11.5 Å². The third-order valence-corrected chi connectivity index (χ3v) is 3.75. The highest BCUT2D eigenvalue weighted by atomic mass is 16.5. The Labute approximate surface area is 143 Å². The molecular weight excluding hydrogens is 304 g/mol. The number of hydrogen-bond acceptors (Lipinski definition) is 3. The molecule has 0 spiro atoms. The molecule has 0 aromatic heterocycles. The van der Waals surface area contributed by atoms with Crippen LogP contribution in [0.25, 0.3) is 0 Å². The average Bonchev–Trinajstić information content (AvgIpc) is 2.61. The minimum absolute atomic E-state index is 0.144. The molecule has 0 saturated heterocycles. The molecule has 0 aliphatic rings. The number of likely N-dealkylation sites (N-methyl/N-ethyl adjacent to an activating group) is 1. The smallest absolute Gasteiger partial charge is 0.317 e. The van der Waals surface area contributed by atoms with Crippen LogP contribution in [0.4, 0.5) is 4.79 Å². The van der Waals surface area contributed by atoms with Gasteiger partial charge in [-0.2, -0.15) is 0 Å². The van der Waals surface area contributed by atoms with Crippen LogP contribution in [0, 0.1) is 6.92 Å². The number of carbonyl (C=O) groups excluding carboxylic acids is 1. The summed E-state index contributed by atoms with van der Waals surface area (Å²) in [6, 6.07) is 15.3. The summed E-state index contributed by atoms with van der Waals surface area (Å²) in [5, 5.41) is 2.88. The number of hydrogen-bond donors (Lipinski definition) is 1. The van der Waals surface area contributed by atoms with E-state index in [0.717, 1.165) is 22.6 Å². The predicted octanol–water partition coefficient (Wildman–Crippen LogP) is 3.22. The summed E-state index contributed by atoms with van der Waals surface area (Å²) in [4.78, 5) is 13.7. The average molecular weight is 328 g/mol. The van der Waals surface area contributed by atoms with Crippen LogP contribution >= 0.6 is 0 Å². The number of methoxy groups -OCH3 is 1. The molecule has 1 N–H and O–H groups in total. The zero-order valence-corrected chi connectivity index (χ0v) is 14.4. The summed E-state index contributed by atoms with van der Waals surface area (Å²) in [7, 11) is 3.37. The van der Waals surface area contributed by atoms with Crippen LogP contribution in [-0.4, -0.2) is 38.2 Å². The Hall–Kier alpha value is -2.69. The molecule has 5 nitrogen and oxygen atoms in total. The molecule has 5 heteroatoms. The normalized spacial score (nSPS) is 10.1. The summed E-state index contributed by atoms with van der Waals surface area (Å²) in [6.07, 6.45) is 0. The summed E-state index contributed by atoms with van der Waals surface area (Å²) in [5.41, 5.74) is 2.03. The van der Waals surface area contributed by atoms with E-state index < -0.39 is 0 Å². The molecule has 0 bridgehead atoms. The van der Waals surface area contributed by atoms with E-state index in [2.05, 4.69) is 5.32 Å². The van der Waals surface area contributed by atoms with Crippen molar-refractivity contribution in [2.75, 3.05) is 27.3 Å². The van der Waals surface area contributed by atoms with Gasteiger partial charge in [0.25, 0.3) is 0 Å². The number of ether oxygens (including phenoxy) is 2. The van der Waals surface area contributed by atoms with Gasteiger partial charge in [-0.1, -0.05) is 36.4 Å². The Balaban J connectivity index is 1.77. The molecule has 2 aromatic rings. The van der Waals surface area contributed by atoms with Crippen molar-refractivity contribution in [2.24, 2.45) is 0 Å². The summed E-state index contributed by atoms with van der Waals surface area (Å²) < 4.78 is 11.0. The molecule has 128 valence electrons. The lowest BCUT2D eigenvalue weighted by atomic mass is 10.2. The topological polar surface area (TPSA) is 50.8 Å². The summed E-state index contributed by atoms with van der Waals surface area (Å²) in [6.45, 7) is 3.38. The van der Waals surface area contributed by atoms with Crippen LogP contribution in [0.15, 0.2) is 48.5 Å². The quantitative estimate of drug-likeness (QED) is 0.849. The monoisotopic (exact) mass is 328 g/mol. The van der Waals surface area contributed by atoms with Gasteiger partial charge < -0.3 is 19.7 Å². The molecule has 2 amide bonds. The Bertz CT molecular complexity index is 673. The van der Waals surface area contributed by atoms with Gasteiger partial charge in [-0.05, 0) is 24.6 Å². The number of nitrogens with one attached hydrogen (secondary N) is 1. The minimum atomic E-state index is -0.144. The van der Waals surface area contributed by atoms with Gasteiger partial charge in [0, 0.05) is 19.2 Å². The van der Waals surface area contributed by atoms with Gasteiger partial charge in [0.2, 0.25) is 0 Å². The lowest BCUT2D eigenvalue weighted by Crippen LogP contribution is -2.39. The molecule has 2 rings (SSSR count). The molecule has 2 aromatic carbocycles. The third kappa shape index (κ3) is 4.91. The predicted molar refractivity (Wildman–Crippen MR) is 94.5 cm³/mol. The molecule has 0 aliphatic carbocycles. The van der Waals surface area contributed by atoms with Gasteiger partial charge in [-0.15, -0.1) is 0 Å². The van der Waals surface area contributed by atoms with Gasteiger partial charge in [0.15, 0.2) is 0 Å². The maximum Gasteiger partial charge on any atom is 0.317 e. The molecule has 0 saturated carbocycles. The number of amides is 2. The third-order valence-electron chi connectivity index (χ3n) is 3.75. The number of aryl methyl sites for hydroxylation is 1. The lowest BCUT2D eigenvalue weighted by Gasteiger charge is -2.19. The fourth-order valence-electron chi connectivity index (χ4n) is 2.27. The van der Waals surface area contributed by atoms with Crippen molar-refractivity contribution >= 4 is 6.03 Å². The first-order valence-corrected chi connectivity index (χ1v) is 7.91. The molecular formula is C19H24N2O3. The van der Waals surface area contributed by atoms with Gasteiger partial charge in [0.1, 0.15) is 18.1 Å². The molecule has 0 unspecified atom stereocenters. The zero-order valence-electron chi connectivity index (χ0n) is 14.4. The molecule has 0 aliphatic heterocycles. The fourth-order valence-corrected chi connectivity index (χ4v) is 2.27. The lowest BCUT2D eigenvalue weighted by molar-refractivity contribution is 0.194. The van der Waals surface area contributed by atoms with Crippen LogP contribution < -0.4 is 14.8 Å². The Morgan fingerprint density at radius 2 is 1.75 bits per heavy atom. The van der Waals surface area contributed by atoms with Crippen LogP contribution in [0.2, 0.25) is 0 Å². The molecule has 0 fully saturated rings. The van der Waals surface area contributed by atoms with Gasteiger partial charge in [-0.25, -0.2) is 4.79 Å². The minimum Gasteiger partial charge on any atom is -0.496 e. The number of benzene rings is 2. The number of carbonyl (C=O) groups is 1. The highest BCUT2D eigenvalue weighted by molar-refractivity contribution is 5.73. The number of urea groups is 1. The number of rotatable bonds is 7. The molecule has 0 radical (unpaired) electrons. The van der Waals surface area contributed by atoms with Gasteiger partial charge >= 0.3 is 6.03 Å². The van der Waals surface area contributed by atoms with Crippen molar-refractivity contribution in [3.8, 4) is 11.5 Å². The van der Waals surface area contributed by atoms with E-state index in [0.29, 0.717) is 19.7 Å². The van der Waals surface area contributed by atoms with Crippen molar-refractivity contribution in [1.29, 1.82) is 0 Å². The van der Waals surface area contributed by atoms with Crippen molar-refractivity contribution in [3.63, 3.8) is 0 Å². The van der Waals surface area contributed by atoms with Gasteiger partial charge in [-0.3, -0.25) is 0 Å². The highest BCUT2D eigenvalue weighted by Gasteiger charge is 2.10. The van der Waals surface area contributed by atoms with Gasteiger partial charge in [0.05, 0.1) is 13.7 Å². The SMILES string of the molecule is COc1ccccc1CNC(=O)N(C)CCOc1ccccc1C. The molecule has 0 heterocycles.